The first-order valence-corrected chi connectivity index (χ1v) is 8.46. The highest BCUT2D eigenvalue weighted by Gasteiger charge is 2.13. The summed E-state index contributed by atoms with van der Waals surface area (Å²) < 4.78 is 19.1. The van der Waals surface area contributed by atoms with E-state index in [-0.39, 0.29) is 18.9 Å². The molecule has 0 saturated heterocycles. The van der Waals surface area contributed by atoms with Gasteiger partial charge in [0.05, 0.1) is 13.7 Å². The lowest BCUT2D eigenvalue weighted by atomic mass is 10.0. The molecule has 6 nitrogen and oxygen atoms in total. The highest BCUT2D eigenvalue weighted by atomic mass is 19.1. The zero-order valence-corrected chi connectivity index (χ0v) is 14.7. The van der Waals surface area contributed by atoms with E-state index >= 15 is 0 Å². The monoisotopic (exact) mass is 361 g/mol. The van der Waals surface area contributed by atoms with Crippen LogP contribution >= 0.6 is 0 Å². The van der Waals surface area contributed by atoms with Crippen LogP contribution in [0.15, 0.2) is 36.5 Å². The van der Waals surface area contributed by atoms with Gasteiger partial charge < -0.3 is 20.9 Å². The second kappa shape index (κ2) is 9.84. The molecule has 1 atom stereocenters. The van der Waals surface area contributed by atoms with E-state index in [2.05, 4.69) is 10.3 Å². The first-order chi connectivity index (χ1) is 12.5. The molecular weight excluding hydrogens is 337 g/mol. The number of carbonyl (C=O) groups excluding carboxylic acids is 1. The summed E-state index contributed by atoms with van der Waals surface area (Å²) in [5.74, 6) is -0.0879. The Kier molecular flexibility index (Phi) is 7.50. The Labute approximate surface area is 152 Å². The number of nitrogens with two attached hydrogens (primary N) is 1. The molecule has 0 bridgehead atoms. The van der Waals surface area contributed by atoms with Crippen LogP contribution in [-0.2, 0) is 17.6 Å². The number of nitrogens with one attached hydrogen (secondary N) is 1. The lowest BCUT2D eigenvalue weighted by Crippen LogP contribution is -2.25. The molecule has 1 heterocycles. The number of carbonyl (C=O) groups is 1. The summed E-state index contributed by atoms with van der Waals surface area (Å²) in [5.41, 5.74) is 7.43. The topological polar surface area (TPSA) is 97.5 Å². The number of hydrogen-bond acceptors (Lipinski definition) is 5. The van der Waals surface area contributed by atoms with Gasteiger partial charge in [0.1, 0.15) is 5.82 Å². The maximum atomic E-state index is 14.1. The van der Waals surface area contributed by atoms with Gasteiger partial charge in [0.25, 0.3) is 0 Å². The van der Waals surface area contributed by atoms with E-state index in [1.54, 1.807) is 31.5 Å². The second-order valence-electron chi connectivity index (χ2n) is 6.00. The van der Waals surface area contributed by atoms with Crippen LogP contribution in [0, 0.1) is 5.82 Å². The Hall–Kier alpha value is -2.51. The minimum absolute atomic E-state index is 0.161. The molecule has 0 aliphatic rings. The Morgan fingerprint density at radius 3 is 2.81 bits per heavy atom. The van der Waals surface area contributed by atoms with Crippen LogP contribution in [0.25, 0.3) is 0 Å². The number of amides is 1. The third-order valence-electron chi connectivity index (χ3n) is 4.04. The van der Waals surface area contributed by atoms with Gasteiger partial charge in [0.15, 0.2) is 0 Å². The van der Waals surface area contributed by atoms with Crippen LogP contribution in [0.3, 0.4) is 0 Å². The number of nitrogens with zero attached hydrogens (tertiary/aromatic N) is 1. The van der Waals surface area contributed by atoms with Gasteiger partial charge in [-0.05, 0) is 37.0 Å². The number of aliphatic hydroxyl groups is 1. The smallest absolute Gasteiger partial charge is 0.224 e. The molecule has 1 aromatic carbocycles. The number of anilines is 1. The van der Waals surface area contributed by atoms with E-state index < -0.39 is 11.9 Å². The molecule has 1 aromatic heterocycles. The van der Waals surface area contributed by atoms with Crippen molar-refractivity contribution in [2.24, 2.45) is 5.73 Å². The van der Waals surface area contributed by atoms with Gasteiger partial charge in [-0.3, -0.25) is 4.79 Å². The third-order valence-corrected chi connectivity index (χ3v) is 4.04. The Morgan fingerprint density at radius 2 is 2.15 bits per heavy atom. The summed E-state index contributed by atoms with van der Waals surface area (Å²) >= 11 is 0. The highest BCUT2D eigenvalue weighted by Crippen LogP contribution is 2.21. The molecule has 2 rings (SSSR count). The lowest BCUT2D eigenvalue weighted by Gasteiger charge is -2.14. The van der Waals surface area contributed by atoms with Crippen molar-refractivity contribution in [1.82, 2.24) is 4.98 Å². The normalized spacial score (nSPS) is 11.8. The summed E-state index contributed by atoms with van der Waals surface area (Å²) in [6.45, 7) is -0.161. The number of benzene rings is 1. The van der Waals surface area contributed by atoms with Crippen LogP contribution in [0.2, 0.25) is 0 Å². The number of ether oxygens (including phenoxy) is 1. The molecule has 26 heavy (non-hydrogen) atoms. The van der Waals surface area contributed by atoms with Gasteiger partial charge >= 0.3 is 0 Å². The number of rotatable bonds is 9. The molecule has 0 fully saturated rings. The van der Waals surface area contributed by atoms with Crippen molar-refractivity contribution in [1.29, 1.82) is 0 Å². The number of aryl methyl sites for hydroxylation is 1. The second-order valence-corrected chi connectivity index (χ2v) is 6.00. The van der Waals surface area contributed by atoms with Crippen LogP contribution in [0.1, 0.15) is 24.0 Å². The quantitative estimate of drug-likeness (QED) is 0.635. The molecule has 7 heteroatoms. The fourth-order valence-electron chi connectivity index (χ4n) is 2.50. The van der Waals surface area contributed by atoms with E-state index in [1.807, 2.05) is 6.07 Å². The molecule has 0 saturated carbocycles. The van der Waals surface area contributed by atoms with E-state index in [0.717, 1.165) is 5.56 Å². The van der Waals surface area contributed by atoms with Gasteiger partial charge in [-0.2, -0.15) is 0 Å². The standard InChI is InChI=1S/C19H24FN3O3/c1-26-19-10-6-13(11-22-19)5-9-18(25)23-17-4-2-3-16(20)15(17)8-7-14(21)12-24/h2-4,6,10-11,14,24H,5,7-9,12,21H2,1H3,(H,23,25)/t14-/m0/s1. The lowest BCUT2D eigenvalue weighted by molar-refractivity contribution is -0.116. The number of halogens is 1. The zero-order valence-electron chi connectivity index (χ0n) is 14.7. The minimum atomic E-state index is -0.416. The van der Waals surface area contributed by atoms with Crippen molar-refractivity contribution in [3.05, 3.63) is 53.5 Å². The van der Waals surface area contributed by atoms with Gasteiger partial charge in [0, 0.05) is 36.0 Å². The fourth-order valence-corrected chi connectivity index (χ4v) is 2.50. The summed E-state index contributed by atoms with van der Waals surface area (Å²) in [5, 5.41) is 11.8. The molecule has 140 valence electrons. The first-order valence-electron chi connectivity index (χ1n) is 8.46. The van der Waals surface area contributed by atoms with Crippen molar-refractivity contribution in [2.45, 2.75) is 31.7 Å². The maximum absolute atomic E-state index is 14.1. The molecule has 0 radical (unpaired) electrons. The molecule has 4 N–H and O–H groups in total. The Bertz CT molecular complexity index is 722. The molecular formula is C19H24FN3O3. The van der Waals surface area contributed by atoms with Crippen molar-refractivity contribution in [2.75, 3.05) is 19.0 Å². The highest BCUT2D eigenvalue weighted by molar-refractivity contribution is 5.91. The first kappa shape index (κ1) is 19.8. The Balaban J connectivity index is 1.96. The van der Waals surface area contributed by atoms with Crippen molar-refractivity contribution >= 4 is 11.6 Å². The zero-order chi connectivity index (χ0) is 18.9. The van der Waals surface area contributed by atoms with Crippen LogP contribution in [-0.4, -0.2) is 35.8 Å². The third kappa shape index (κ3) is 5.79. The number of hydrogen-bond donors (Lipinski definition) is 3. The van der Waals surface area contributed by atoms with E-state index in [1.165, 1.54) is 6.07 Å². The van der Waals surface area contributed by atoms with Gasteiger partial charge in [0.2, 0.25) is 11.8 Å². The number of aliphatic hydroxyl groups excluding tert-OH is 1. The number of pyridine rings is 1. The SMILES string of the molecule is COc1ccc(CCC(=O)Nc2cccc(F)c2CC[C@H](N)CO)cn1. The largest absolute Gasteiger partial charge is 0.481 e. The summed E-state index contributed by atoms with van der Waals surface area (Å²) in [4.78, 5) is 16.3. The van der Waals surface area contributed by atoms with Gasteiger partial charge in [-0.1, -0.05) is 12.1 Å². The average Bonchev–Trinajstić information content (AvgIpc) is 2.66. The molecule has 0 spiro atoms. The minimum Gasteiger partial charge on any atom is -0.481 e. The van der Waals surface area contributed by atoms with Crippen molar-refractivity contribution in [3.8, 4) is 5.88 Å². The summed E-state index contributed by atoms with van der Waals surface area (Å²) in [6, 6.07) is 7.73. The molecule has 0 aliphatic carbocycles. The van der Waals surface area contributed by atoms with Gasteiger partial charge in [-0.15, -0.1) is 0 Å². The fraction of sp³-hybridized carbons (Fsp3) is 0.368. The van der Waals surface area contributed by atoms with Crippen LogP contribution < -0.4 is 15.8 Å². The van der Waals surface area contributed by atoms with Crippen LogP contribution in [0.4, 0.5) is 10.1 Å². The molecule has 0 aliphatic heterocycles. The number of aromatic nitrogens is 1. The van der Waals surface area contributed by atoms with E-state index in [4.69, 9.17) is 15.6 Å². The van der Waals surface area contributed by atoms with Crippen LogP contribution in [0.5, 0.6) is 5.88 Å². The molecule has 1 amide bonds. The average molecular weight is 361 g/mol. The predicted octanol–water partition coefficient (Wildman–Crippen LogP) is 2.05. The van der Waals surface area contributed by atoms with E-state index in [0.29, 0.717) is 36.4 Å². The molecule has 0 unspecified atom stereocenters. The summed E-state index contributed by atoms with van der Waals surface area (Å²) in [6.07, 6.45) is 3.20. The summed E-state index contributed by atoms with van der Waals surface area (Å²) in [7, 11) is 1.54. The van der Waals surface area contributed by atoms with E-state index in [9.17, 15) is 9.18 Å². The van der Waals surface area contributed by atoms with Crippen molar-refractivity contribution < 1.29 is 19.0 Å². The maximum Gasteiger partial charge on any atom is 0.224 e. The number of methoxy groups -OCH3 is 1. The van der Waals surface area contributed by atoms with Gasteiger partial charge in [-0.25, -0.2) is 9.37 Å². The van der Waals surface area contributed by atoms with Crippen molar-refractivity contribution in [3.63, 3.8) is 0 Å². The predicted molar refractivity (Wildman–Crippen MR) is 97.5 cm³/mol. The Morgan fingerprint density at radius 1 is 1.35 bits per heavy atom. The molecule has 2 aromatic rings.